The number of amides is 1. The summed E-state index contributed by atoms with van der Waals surface area (Å²) >= 11 is 0. The maximum atomic E-state index is 13.5. The molecule has 6 N–H and O–H groups in total. The number of halogens is 3. The first kappa shape index (κ1) is 37.8. The van der Waals surface area contributed by atoms with Gasteiger partial charge in [-0.3, -0.25) is 14.2 Å². The highest BCUT2D eigenvalue weighted by Gasteiger charge is 2.55. The smallest absolute Gasteiger partial charge is 0.399 e. The van der Waals surface area contributed by atoms with E-state index in [9.17, 15) is 47.7 Å². The lowest BCUT2D eigenvalue weighted by atomic mass is 9.91. The summed E-state index contributed by atoms with van der Waals surface area (Å²) in [4.78, 5) is 19.6. The van der Waals surface area contributed by atoms with Crippen LogP contribution >= 0.6 is 0 Å². The number of rotatable bonds is 10. The maximum Gasteiger partial charge on any atom is 0.399 e. The largest absolute Gasteiger partial charge is 0.476 e. The molecule has 0 radical (unpaired) electrons. The van der Waals surface area contributed by atoms with Crippen LogP contribution < -0.4 is 14.4 Å². The van der Waals surface area contributed by atoms with Crippen LogP contribution in [0.25, 0.3) is 5.82 Å². The Hall–Kier alpha value is -3.62. The average molecular weight is 692 g/mol. The van der Waals surface area contributed by atoms with Gasteiger partial charge >= 0.3 is 6.18 Å². The normalized spacial score (nSPS) is 19.9. The topological polar surface area (TPSA) is 208 Å². The number of pyridine rings is 1. The number of hydrogen-bond acceptors (Lipinski definition) is 12. The Morgan fingerprint density at radius 1 is 1.17 bits per heavy atom. The number of aliphatic hydroxyl groups is 5. The number of nitrogens with zero attached hydrogens (tertiary/aromatic N) is 6. The van der Waals surface area contributed by atoms with E-state index in [1.165, 1.54) is 54.0 Å². The van der Waals surface area contributed by atoms with Crippen LogP contribution in [0.4, 0.5) is 19.0 Å². The van der Waals surface area contributed by atoms with E-state index in [1.807, 2.05) is 13.8 Å². The molecule has 1 aliphatic heterocycles. The molecule has 3 aromatic rings. The second-order valence-corrected chi connectivity index (χ2v) is 12.8. The molecular formula is C28H40F3N7O8S. The monoisotopic (exact) mass is 691 g/mol. The number of nitrogens with one attached hydrogen (secondary N) is 1. The fourth-order valence-electron chi connectivity index (χ4n) is 4.74. The van der Waals surface area contributed by atoms with Crippen molar-refractivity contribution in [2.45, 2.75) is 70.2 Å². The molecule has 0 bridgehead atoms. The number of ether oxygens (including phenoxy) is 1. The molecule has 1 amide bonds. The Morgan fingerprint density at radius 2 is 1.81 bits per heavy atom. The third kappa shape index (κ3) is 7.76. The van der Waals surface area contributed by atoms with Crippen LogP contribution in [-0.4, -0.2) is 104 Å². The lowest BCUT2D eigenvalue weighted by Gasteiger charge is -2.35. The Bertz CT molecular complexity index is 1590. The van der Waals surface area contributed by atoms with Crippen LogP contribution in [0.3, 0.4) is 0 Å². The van der Waals surface area contributed by atoms with E-state index in [4.69, 9.17) is 4.74 Å². The fourth-order valence-corrected chi connectivity index (χ4v) is 5.69. The molecule has 4 atom stereocenters. The summed E-state index contributed by atoms with van der Waals surface area (Å²) in [7, 11) is -0.432. The summed E-state index contributed by atoms with van der Waals surface area (Å²) in [5.74, 6) is -6.02. The van der Waals surface area contributed by atoms with Crippen LogP contribution in [0.1, 0.15) is 50.7 Å². The highest BCUT2D eigenvalue weighted by Crippen LogP contribution is 2.41. The number of carbonyl (C=O) groups excluding carboxylic acids is 1. The van der Waals surface area contributed by atoms with Crippen molar-refractivity contribution < 1.29 is 52.4 Å². The second-order valence-electron chi connectivity index (χ2n) is 11.6. The number of hydrogen-bond donors (Lipinski definition) is 6. The van der Waals surface area contributed by atoms with E-state index in [1.54, 1.807) is 14.0 Å². The zero-order valence-electron chi connectivity index (χ0n) is 26.8. The Kier molecular flexibility index (Phi) is 11.2. The van der Waals surface area contributed by atoms with Crippen molar-refractivity contribution in [2.75, 3.05) is 24.7 Å². The molecule has 1 fully saturated rings. The first-order chi connectivity index (χ1) is 21.7. The highest BCUT2D eigenvalue weighted by molar-refractivity contribution is 7.83. The third-order valence-electron chi connectivity index (χ3n) is 7.76. The predicted molar refractivity (Wildman–Crippen MR) is 162 cm³/mol. The quantitative estimate of drug-likeness (QED) is 0.164. The van der Waals surface area contributed by atoms with Gasteiger partial charge in [-0.15, -0.1) is 5.10 Å². The first-order valence-electron chi connectivity index (χ1n) is 14.4. The van der Waals surface area contributed by atoms with Gasteiger partial charge in [-0.05, 0) is 39.8 Å². The second kappa shape index (κ2) is 13.9. The minimum atomic E-state index is -4.75. The lowest BCUT2D eigenvalue weighted by Crippen LogP contribution is -2.49. The number of aliphatic hydroxyl groups excluding tert-OH is 2. The van der Waals surface area contributed by atoms with Gasteiger partial charge in [0, 0.05) is 32.1 Å². The van der Waals surface area contributed by atoms with Crippen LogP contribution in [0.5, 0.6) is 5.88 Å². The Morgan fingerprint density at radius 3 is 2.32 bits per heavy atom. The number of anilines is 1. The van der Waals surface area contributed by atoms with E-state index in [0.29, 0.717) is 5.69 Å². The van der Waals surface area contributed by atoms with E-state index in [2.05, 4.69) is 19.9 Å². The Balaban J connectivity index is 0.00000294. The summed E-state index contributed by atoms with van der Waals surface area (Å²) < 4.78 is 63.2. The van der Waals surface area contributed by atoms with Crippen LogP contribution in [0, 0.1) is 18.3 Å². The fraction of sp³-hybridized carbons (Fsp3) is 0.571. The minimum Gasteiger partial charge on any atom is -0.476 e. The van der Waals surface area contributed by atoms with Gasteiger partial charge in [0.05, 0.1) is 35.4 Å². The molecule has 19 heteroatoms. The van der Waals surface area contributed by atoms with Gasteiger partial charge in [0.2, 0.25) is 5.88 Å². The summed E-state index contributed by atoms with van der Waals surface area (Å²) in [5, 5.41) is 58.1. The van der Waals surface area contributed by atoms with Gasteiger partial charge in [-0.1, -0.05) is 13.8 Å². The molecule has 4 rings (SSSR count). The van der Waals surface area contributed by atoms with Gasteiger partial charge in [0.25, 0.3) is 11.9 Å². The van der Waals surface area contributed by atoms with Crippen molar-refractivity contribution in [3.8, 4) is 11.7 Å². The molecule has 47 heavy (non-hydrogen) atoms. The number of alkyl halides is 3. The van der Waals surface area contributed by atoms with Gasteiger partial charge in [-0.25, -0.2) is 13.9 Å². The molecule has 4 heterocycles. The molecule has 4 unspecified atom stereocenters. The molecule has 1 saturated heterocycles. The number of aromatic nitrogens is 5. The Labute approximate surface area is 271 Å². The lowest BCUT2D eigenvalue weighted by molar-refractivity contribution is -0.348. The zero-order chi connectivity index (χ0) is 35.7. The van der Waals surface area contributed by atoms with E-state index in [-0.39, 0.29) is 28.0 Å². The van der Waals surface area contributed by atoms with Crippen LogP contribution in [0.15, 0.2) is 35.5 Å². The van der Waals surface area contributed by atoms with E-state index >= 15 is 0 Å². The molecule has 3 aromatic heterocycles. The molecule has 0 aliphatic carbocycles. The molecule has 1 aliphatic rings. The van der Waals surface area contributed by atoms with Gasteiger partial charge in [0.1, 0.15) is 22.7 Å². The summed E-state index contributed by atoms with van der Waals surface area (Å²) in [6.45, 7) is 6.88. The van der Waals surface area contributed by atoms with Gasteiger partial charge < -0.3 is 35.2 Å². The van der Waals surface area contributed by atoms with Crippen molar-refractivity contribution >= 4 is 22.7 Å². The molecule has 0 aromatic carbocycles. The van der Waals surface area contributed by atoms with Crippen molar-refractivity contribution in [3.63, 3.8) is 0 Å². The summed E-state index contributed by atoms with van der Waals surface area (Å²) in [5.41, 5.74) is -3.64. The van der Waals surface area contributed by atoms with Gasteiger partial charge in [0.15, 0.2) is 16.8 Å². The summed E-state index contributed by atoms with van der Waals surface area (Å²) in [6.07, 6.45) is -3.50. The highest BCUT2D eigenvalue weighted by atomic mass is 32.2. The average Bonchev–Trinajstić information content (AvgIpc) is 3.67. The third-order valence-corrected chi connectivity index (χ3v) is 8.93. The van der Waals surface area contributed by atoms with E-state index < -0.39 is 71.8 Å². The molecular weight excluding hydrogens is 651 g/mol. The molecule has 15 nitrogen and oxygen atoms in total. The first-order valence-corrected chi connectivity index (χ1v) is 15.6. The van der Waals surface area contributed by atoms with Crippen LogP contribution in [-0.2, 0) is 18.0 Å². The van der Waals surface area contributed by atoms with Gasteiger partial charge in [-0.2, -0.15) is 18.3 Å². The molecule has 0 saturated carbocycles. The van der Waals surface area contributed by atoms with Crippen molar-refractivity contribution in [3.05, 3.63) is 41.9 Å². The van der Waals surface area contributed by atoms with E-state index in [0.717, 1.165) is 11.6 Å². The predicted octanol–water partition coefficient (Wildman–Crippen LogP) is 0.934. The van der Waals surface area contributed by atoms with Crippen molar-refractivity contribution in [2.24, 2.45) is 18.4 Å². The van der Waals surface area contributed by atoms with Crippen molar-refractivity contribution in [1.82, 2.24) is 29.3 Å². The van der Waals surface area contributed by atoms with Crippen molar-refractivity contribution in [1.29, 1.82) is 0 Å². The SMILES string of the molecule is CC.Cc1nn(C)cc1S(=O)NC(=O)c1ccc(-n2ccc(OCC(C)(CO)C(F)(F)F)n2)nc1N1CC(C(O)(O)O)C(O)C1(C)C. The summed E-state index contributed by atoms with van der Waals surface area (Å²) in [6, 6.07) is 3.90. The number of aryl methyl sites for hydroxylation is 2. The maximum absolute atomic E-state index is 13.5. The number of carbonyl (C=O) groups is 1. The standard InChI is InChI=1S/C26H34F3N7O8S.C2H6/c1-14-17(11-34(5)31-14)45(43)33-22(39)15-6-7-18(30-21(15)35-10-16(25(40,41)42)20(38)23(35,2)3)36-9-8-19(32-36)44-13-24(4,12-37)26(27,28)29;1-2/h6-9,11,16,20,37-38,40-42H,10,12-13H2,1-5H3,(H,33,39);1-2H3. The minimum absolute atomic E-state index is 0.0263. The zero-order valence-corrected chi connectivity index (χ0v) is 27.7. The van der Waals surface area contributed by atoms with Crippen LogP contribution in [0.2, 0.25) is 0 Å². The molecule has 0 spiro atoms. The molecule has 262 valence electrons.